The van der Waals surface area contributed by atoms with E-state index in [-0.39, 0.29) is 16.5 Å². The fourth-order valence-corrected chi connectivity index (χ4v) is 0.964. The molecule has 0 aliphatic heterocycles. The van der Waals surface area contributed by atoms with Crippen LogP contribution in [0.4, 0.5) is 0 Å². The van der Waals surface area contributed by atoms with Crippen LogP contribution in [-0.2, 0) is 4.79 Å². The maximum Gasteiger partial charge on any atom is 0.347 e. The first-order valence-electron chi connectivity index (χ1n) is 3.63. The lowest BCUT2D eigenvalue weighted by atomic mass is 10.2. The standard InChI is InChI=1S/C9H7ClO4/c10-6(9(13)14)3-5-1-2-7(11)8(12)4-5/h1-4,11-12H,(H,13,14)/b6-3-. The minimum absolute atomic E-state index is 0.270. The topological polar surface area (TPSA) is 77.8 Å². The van der Waals surface area contributed by atoms with E-state index < -0.39 is 5.97 Å². The molecule has 3 N–H and O–H groups in total. The van der Waals surface area contributed by atoms with E-state index in [1.54, 1.807) is 0 Å². The molecule has 74 valence electrons. The van der Waals surface area contributed by atoms with Crippen molar-refractivity contribution in [3.05, 3.63) is 28.8 Å². The van der Waals surface area contributed by atoms with Gasteiger partial charge >= 0.3 is 5.97 Å². The van der Waals surface area contributed by atoms with Gasteiger partial charge in [0.25, 0.3) is 0 Å². The number of aliphatic carboxylic acids is 1. The van der Waals surface area contributed by atoms with Crippen molar-refractivity contribution in [2.45, 2.75) is 0 Å². The fourth-order valence-electron chi connectivity index (χ4n) is 0.838. The zero-order valence-corrected chi connectivity index (χ0v) is 7.69. The predicted octanol–water partition coefficient (Wildman–Crippen LogP) is 1.76. The number of hydrogen-bond acceptors (Lipinski definition) is 3. The van der Waals surface area contributed by atoms with E-state index in [1.165, 1.54) is 24.3 Å². The molecule has 0 radical (unpaired) electrons. The highest BCUT2D eigenvalue weighted by atomic mass is 35.5. The second kappa shape index (κ2) is 4.02. The van der Waals surface area contributed by atoms with Gasteiger partial charge in [-0.05, 0) is 23.8 Å². The van der Waals surface area contributed by atoms with Crippen LogP contribution in [0.5, 0.6) is 11.5 Å². The van der Waals surface area contributed by atoms with E-state index in [2.05, 4.69) is 0 Å². The number of halogens is 1. The second-order valence-electron chi connectivity index (χ2n) is 2.55. The van der Waals surface area contributed by atoms with Gasteiger partial charge in [-0.1, -0.05) is 17.7 Å². The molecule has 0 spiro atoms. The summed E-state index contributed by atoms with van der Waals surface area (Å²) in [5.41, 5.74) is 0.396. The summed E-state index contributed by atoms with van der Waals surface area (Å²) < 4.78 is 0. The molecule has 0 unspecified atom stereocenters. The SMILES string of the molecule is O=C(O)/C(Cl)=C/c1ccc(O)c(O)c1. The number of rotatable bonds is 2. The van der Waals surface area contributed by atoms with Gasteiger partial charge < -0.3 is 15.3 Å². The molecule has 0 bridgehead atoms. The molecule has 0 saturated carbocycles. The van der Waals surface area contributed by atoms with Crippen molar-refractivity contribution in [2.24, 2.45) is 0 Å². The molecular weight excluding hydrogens is 208 g/mol. The van der Waals surface area contributed by atoms with Gasteiger partial charge in [0.1, 0.15) is 5.03 Å². The van der Waals surface area contributed by atoms with Gasteiger partial charge in [-0.3, -0.25) is 0 Å². The Bertz CT molecular complexity index is 398. The Kier molecular flexibility index (Phi) is 2.99. The lowest BCUT2D eigenvalue weighted by Gasteiger charge is -1.98. The Morgan fingerprint density at radius 2 is 1.93 bits per heavy atom. The Labute approximate surface area is 84.7 Å². The van der Waals surface area contributed by atoms with Crippen molar-refractivity contribution in [1.29, 1.82) is 0 Å². The highest BCUT2D eigenvalue weighted by molar-refractivity contribution is 6.42. The normalized spacial score (nSPS) is 11.4. The number of benzene rings is 1. The van der Waals surface area contributed by atoms with Crippen molar-refractivity contribution in [3.63, 3.8) is 0 Å². The monoisotopic (exact) mass is 214 g/mol. The van der Waals surface area contributed by atoms with Crippen molar-refractivity contribution < 1.29 is 20.1 Å². The largest absolute Gasteiger partial charge is 0.504 e. The van der Waals surface area contributed by atoms with Crippen LogP contribution < -0.4 is 0 Å². The van der Waals surface area contributed by atoms with Crippen molar-refractivity contribution >= 4 is 23.6 Å². The number of carboxylic acids is 1. The van der Waals surface area contributed by atoms with Gasteiger partial charge in [0.15, 0.2) is 11.5 Å². The highest BCUT2D eigenvalue weighted by Gasteiger charge is 2.04. The molecule has 0 amide bonds. The number of carbonyl (C=O) groups is 1. The maximum absolute atomic E-state index is 10.3. The molecule has 0 fully saturated rings. The van der Waals surface area contributed by atoms with Gasteiger partial charge in [0.05, 0.1) is 0 Å². The van der Waals surface area contributed by atoms with Crippen LogP contribution in [0.2, 0.25) is 0 Å². The quantitative estimate of drug-likeness (QED) is 0.518. The summed E-state index contributed by atoms with van der Waals surface area (Å²) in [4.78, 5) is 10.3. The van der Waals surface area contributed by atoms with Gasteiger partial charge in [0, 0.05) is 0 Å². The predicted molar refractivity (Wildman–Crippen MR) is 51.2 cm³/mol. The number of hydrogen-bond donors (Lipinski definition) is 3. The molecule has 0 atom stereocenters. The third kappa shape index (κ3) is 2.40. The third-order valence-corrected chi connectivity index (χ3v) is 1.77. The Hall–Kier alpha value is -1.68. The summed E-state index contributed by atoms with van der Waals surface area (Å²) in [5, 5.41) is 26.1. The molecule has 4 nitrogen and oxygen atoms in total. The van der Waals surface area contributed by atoms with E-state index in [0.717, 1.165) is 0 Å². The van der Waals surface area contributed by atoms with Gasteiger partial charge in [-0.2, -0.15) is 0 Å². The molecule has 0 aromatic heterocycles. The maximum atomic E-state index is 10.3. The second-order valence-corrected chi connectivity index (χ2v) is 2.95. The Morgan fingerprint density at radius 1 is 1.29 bits per heavy atom. The first kappa shape index (κ1) is 10.4. The summed E-state index contributed by atoms with van der Waals surface area (Å²) in [6.45, 7) is 0. The summed E-state index contributed by atoms with van der Waals surface area (Å²) >= 11 is 5.36. The van der Waals surface area contributed by atoms with Gasteiger partial charge in [-0.15, -0.1) is 0 Å². The first-order valence-corrected chi connectivity index (χ1v) is 4.01. The third-order valence-electron chi connectivity index (χ3n) is 1.50. The van der Waals surface area contributed by atoms with Crippen molar-refractivity contribution in [1.82, 2.24) is 0 Å². The van der Waals surface area contributed by atoms with Gasteiger partial charge in [0.2, 0.25) is 0 Å². The molecule has 0 heterocycles. The van der Waals surface area contributed by atoms with Gasteiger partial charge in [-0.25, -0.2) is 4.79 Å². The van der Waals surface area contributed by atoms with Crippen LogP contribution in [0.3, 0.4) is 0 Å². The van der Waals surface area contributed by atoms with E-state index in [0.29, 0.717) is 5.56 Å². The summed E-state index contributed by atoms with van der Waals surface area (Å²) in [7, 11) is 0. The zero-order chi connectivity index (χ0) is 10.7. The number of phenolic OH excluding ortho intramolecular Hbond substituents is 2. The minimum atomic E-state index is -1.25. The Morgan fingerprint density at radius 3 is 2.43 bits per heavy atom. The molecule has 1 aromatic carbocycles. The summed E-state index contributed by atoms with van der Waals surface area (Å²) in [5.74, 6) is -1.85. The molecule has 0 aliphatic rings. The molecule has 14 heavy (non-hydrogen) atoms. The lowest BCUT2D eigenvalue weighted by molar-refractivity contribution is -0.131. The van der Waals surface area contributed by atoms with E-state index in [1.807, 2.05) is 0 Å². The average molecular weight is 215 g/mol. The first-order chi connectivity index (χ1) is 6.50. The van der Waals surface area contributed by atoms with E-state index >= 15 is 0 Å². The number of aromatic hydroxyl groups is 2. The van der Waals surface area contributed by atoms with Crippen LogP contribution in [0, 0.1) is 0 Å². The molecule has 0 saturated heterocycles. The fraction of sp³-hybridized carbons (Fsp3) is 0. The van der Waals surface area contributed by atoms with Crippen LogP contribution in [0.1, 0.15) is 5.56 Å². The minimum Gasteiger partial charge on any atom is -0.504 e. The molecule has 1 rings (SSSR count). The van der Waals surface area contributed by atoms with Crippen LogP contribution >= 0.6 is 11.6 Å². The smallest absolute Gasteiger partial charge is 0.347 e. The summed E-state index contributed by atoms with van der Waals surface area (Å²) in [6, 6.07) is 3.88. The molecular formula is C9H7ClO4. The summed E-state index contributed by atoms with van der Waals surface area (Å²) in [6.07, 6.45) is 1.17. The zero-order valence-electron chi connectivity index (χ0n) is 6.94. The van der Waals surface area contributed by atoms with E-state index in [4.69, 9.17) is 26.9 Å². The van der Waals surface area contributed by atoms with Crippen LogP contribution in [0.25, 0.3) is 6.08 Å². The molecule has 5 heteroatoms. The molecule has 0 aliphatic carbocycles. The molecule has 1 aromatic rings. The van der Waals surface area contributed by atoms with Crippen LogP contribution in [0.15, 0.2) is 23.2 Å². The highest BCUT2D eigenvalue weighted by Crippen LogP contribution is 2.26. The van der Waals surface area contributed by atoms with Crippen molar-refractivity contribution in [2.75, 3.05) is 0 Å². The lowest BCUT2D eigenvalue weighted by Crippen LogP contribution is -1.92. The van der Waals surface area contributed by atoms with E-state index in [9.17, 15) is 4.79 Å². The van der Waals surface area contributed by atoms with Crippen LogP contribution in [-0.4, -0.2) is 21.3 Å². The number of phenols is 2. The average Bonchev–Trinajstić information content (AvgIpc) is 2.11. The Balaban J connectivity index is 3.04. The number of carboxylic acid groups (broad SMARTS) is 1. The van der Waals surface area contributed by atoms with Crippen molar-refractivity contribution in [3.8, 4) is 11.5 Å².